The van der Waals surface area contributed by atoms with Crippen LogP contribution < -0.4 is 4.72 Å². The zero-order valence-corrected chi connectivity index (χ0v) is 12.1. The predicted octanol–water partition coefficient (Wildman–Crippen LogP) is 1.41. The number of pyridine rings is 1. The van der Waals surface area contributed by atoms with Crippen LogP contribution in [0.5, 0.6) is 0 Å². The van der Waals surface area contributed by atoms with Crippen molar-refractivity contribution in [2.24, 2.45) is 0 Å². The third-order valence-corrected chi connectivity index (χ3v) is 4.09. The summed E-state index contributed by atoms with van der Waals surface area (Å²) in [6.07, 6.45) is 1.71. The lowest BCUT2D eigenvalue weighted by atomic mass is 10.1. The van der Waals surface area contributed by atoms with Gasteiger partial charge in [0.05, 0.1) is 29.8 Å². The maximum atomic E-state index is 11.9. The van der Waals surface area contributed by atoms with Crippen molar-refractivity contribution in [2.45, 2.75) is 25.0 Å². The second-order valence-corrected chi connectivity index (χ2v) is 5.91. The number of aromatic nitrogens is 1. The molecule has 2 rings (SSSR count). The van der Waals surface area contributed by atoms with Gasteiger partial charge in [-0.3, -0.25) is 4.98 Å². The number of nitrogens with one attached hydrogen (secondary N) is 1. The van der Waals surface area contributed by atoms with E-state index in [1.165, 1.54) is 30.5 Å². The molecular weight excluding hydrogens is 296 g/mol. The summed E-state index contributed by atoms with van der Waals surface area (Å²) in [4.78, 5) is 15.2. The van der Waals surface area contributed by atoms with Gasteiger partial charge in [-0.25, -0.2) is 17.9 Å². The minimum atomic E-state index is -3.73. The second-order valence-electron chi connectivity index (χ2n) is 4.21. The van der Waals surface area contributed by atoms with E-state index in [1.54, 1.807) is 6.92 Å². The van der Waals surface area contributed by atoms with Crippen molar-refractivity contribution in [3.05, 3.63) is 47.5 Å². The van der Waals surface area contributed by atoms with Crippen molar-refractivity contribution in [3.63, 3.8) is 0 Å². The molecule has 0 fully saturated rings. The minimum absolute atomic E-state index is 0.0457. The molecule has 0 aliphatic carbocycles. The topological polar surface area (TPSA) is 110 Å². The Hall–Kier alpha value is -2.19. The van der Waals surface area contributed by atoms with Crippen molar-refractivity contribution in [3.8, 4) is 0 Å². The molecule has 0 amide bonds. The van der Waals surface area contributed by atoms with Crippen molar-refractivity contribution in [1.29, 1.82) is 0 Å². The first-order valence-electron chi connectivity index (χ1n) is 6.19. The van der Waals surface area contributed by atoms with Gasteiger partial charge in [-0.15, -0.1) is 0 Å². The normalized spacial score (nSPS) is 11.5. The van der Waals surface area contributed by atoms with Crippen LogP contribution in [-0.2, 0) is 23.0 Å². The van der Waals surface area contributed by atoms with Crippen molar-refractivity contribution in [2.75, 3.05) is 0 Å². The SMILES string of the molecule is CCc1nc(CNS(=O)(=O)c2ccco2)ccc1C(=O)O. The highest BCUT2D eigenvalue weighted by Gasteiger charge is 2.17. The van der Waals surface area contributed by atoms with E-state index in [1.807, 2.05) is 0 Å². The number of sulfonamides is 1. The minimum Gasteiger partial charge on any atom is -0.478 e. The number of carboxylic acids is 1. The first kappa shape index (κ1) is 15.2. The molecule has 0 spiro atoms. The monoisotopic (exact) mass is 310 g/mol. The average molecular weight is 310 g/mol. The van der Waals surface area contributed by atoms with Crippen molar-refractivity contribution >= 4 is 16.0 Å². The molecular formula is C13H14N2O5S. The second kappa shape index (κ2) is 6.06. The Morgan fingerprint density at radius 3 is 2.71 bits per heavy atom. The fourth-order valence-corrected chi connectivity index (χ4v) is 2.69. The summed E-state index contributed by atoms with van der Waals surface area (Å²) >= 11 is 0. The summed E-state index contributed by atoms with van der Waals surface area (Å²) in [5, 5.41) is 8.83. The molecule has 0 atom stereocenters. The number of nitrogens with zero attached hydrogens (tertiary/aromatic N) is 1. The summed E-state index contributed by atoms with van der Waals surface area (Å²) in [5.41, 5.74) is 0.972. The standard InChI is InChI=1S/C13H14N2O5S/c1-2-11-10(13(16)17)6-5-9(15-11)8-14-21(18,19)12-4-3-7-20-12/h3-7,14H,2,8H2,1H3,(H,16,17). The summed E-state index contributed by atoms with van der Waals surface area (Å²) < 4.78 is 30.9. The largest absolute Gasteiger partial charge is 0.478 e. The van der Waals surface area contributed by atoms with Gasteiger partial charge < -0.3 is 9.52 Å². The third kappa shape index (κ3) is 3.47. The van der Waals surface area contributed by atoms with Gasteiger partial charge in [-0.2, -0.15) is 0 Å². The predicted molar refractivity (Wildman–Crippen MR) is 73.3 cm³/mol. The molecule has 2 aromatic rings. The molecule has 0 aliphatic heterocycles. The van der Waals surface area contributed by atoms with Gasteiger partial charge >= 0.3 is 5.97 Å². The van der Waals surface area contributed by atoms with E-state index in [-0.39, 0.29) is 17.2 Å². The molecule has 0 saturated heterocycles. The molecule has 2 N–H and O–H groups in total. The lowest BCUT2D eigenvalue weighted by Gasteiger charge is -2.07. The van der Waals surface area contributed by atoms with E-state index >= 15 is 0 Å². The Morgan fingerprint density at radius 2 is 2.14 bits per heavy atom. The van der Waals surface area contributed by atoms with Crippen molar-refractivity contribution in [1.82, 2.24) is 9.71 Å². The van der Waals surface area contributed by atoms with Gasteiger partial charge in [0.1, 0.15) is 0 Å². The zero-order valence-electron chi connectivity index (χ0n) is 11.2. The molecule has 2 aromatic heterocycles. The molecule has 0 bridgehead atoms. The number of furan rings is 1. The lowest BCUT2D eigenvalue weighted by molar-refractivity contribution is 0.0695. The van der Waals surface area contributed by atoms with E-state index in [0.717, 1.165) is 0 Å². The van der Waals surface area contributed by atoms with Gasteiger partial charge in [0.25, 0.3) is 10.0 Å². The molecule has 0 unspecified atom stereocenters. The molecule has 112 valence electrons. The van der Waals surface area contributed by atoms with Gasteiger partial charge in [0, 0.05) is 0 Å². The number of carbonyl (C=O) groups is 1. The third-order valence-electron chi connectivity index (χ3n) is 2.80. The zero-order chi connectivity index (χ0) is 15.5. The summed E-state index contributed by atoms with van der Waals surface area (Å²) in [5.74, 6) is -1.05. The number of hydrogen-bond donors (Lipinski definition) is 2. The summed E-state index contributed by atoms with van der Waals surface area (Å²) in [7, 11) is -3.73. The molecule has 8 heteroatoms. The summed E-state index contributed by atoms with van der Waals surface area (Å²) in [6.45, 7) is 1.74. The molecule has 7 nitrogen and oxygen atoms in total. The molecule has 0 radical (unpaired) electrons. The summed E-state index contributed by atoms with van der Waals surface area (Å²) in [6, 6.07) is 5.71. The van der Waals surface area contributed by atoms with Crippen LogP contribution in [0.1, 0.15) is 28.7 Å². The maximum Gasteiger partial charge on any atom is 0.337 e. The average Bonchev–Trinajstić information content (AvgIpc) is 2.99. The fraction of sp³-hybridized carbons (Fsp3) is 0.231. The van der Waals surface area contributed by atoms with Crippen LogP contribution in [0.2, 0.25) is 0 Å². The molecule has 0 aliphatic rings. The van der Waals surface area contributed by atoms with Crippen LogP contribution >= 0.6 is 0 Å². The Kier molecular flexibility index (Phi) is 4.39. The first-order chi connectivity index (χ1) is 9.94. The van der Waals surface area contributed by atoms with E-state index in [0.29, 0.717) is 17.8 Å². The van der Waals surface area contributed by atoms with Gasteiger partial charge in [-0.05, 0) is 30.7 Å². The molecule has 0 saturated carbocycles. The number of aryl methyl sites for hydroxylation is 1. The highest BCUT2D eigenvalue weighted by Crippen LogP contribution is 2.11. The van der Waals surface area contributed by atoms with Crippen LogP contribution in [0, 0.1) is 0 Å². The Labute approximate surface area is 121 Å². The fourth-order valence-electron chi connectivity index (χ4n) is 1.77. The van der Waals surface area contributed by atoms with Gasteiger partial charge in [0.15, 0.2) is 0 Å². The molecule has 0 aromatic carbocycles. The number of carboxylic acid groups (broad SMARTS) is 1. The van der Waals surface area contributed by atoms with Gasteiger partial charge in [0.2, 0.25) is 5.09 Å². The number of rotatable bonds is 6. The molecule has 21 heavy (non-hydrogen) atoms. The van der Waals surface area contributed by atoms with Crippen molar-refractivity contribution < 1.29 is 22.7 Å². The van der Waals surface area contributed by atoms with E-state index < -0.39 is 16.0 Å². The van der Waals surface area contributed by atoms with E-state index in [2.05, 4.69) is 9.71 Å². The van der Waals surface area contributed by atoms with E-state index in [9.17, 15) is 13.2 Å². The highest BCUT2D eigenvalue weighted by molar-refractivity contribution is 7.89. The Balaban J connectivity index is 2.16. The smallest absolute Gasteiger partial charge is 0.337 e. The lowest BCUT2D eigenvalue weighted by Crippen LogP contribution is -2.23. The van der Waals surface area contributed by atoms with Crippen LogP contribution in [0.25, 0.3) is 0 Å². The Bertz CT molecular complexity index is 738. The number of aromatic carboxylic acids is 1. The first-order valence-corrected chi connectivity index (χ1v) is 7.67. The van der Waals surface area contributed by atoms with Crippen LogP contribution in [0.4, 0.5) is 0 Å². The number of hydrogen-bond acceptors (Lipinski definition) is 5. The highest BCUT2D eigenvalue weighted by atomic mass is 32.2. The van der Waals surface area contributed by atoms with Crippen LogP contribution in [0.3, 0.4) is 0 Å². The van der Waals surface area contributed by atoms with Crippen LogP contribution in [0.15, 0.2) is 40.0 Å². The maximum absolute atomic E-state index is 11.9. The Morgan fingerprint density at radius 1 is 1.38 bits per heavy atom. The molecule has 2 heterocycles. The van der Waals surface area contributed by atoms with Crippen LogP contribution in [-0.4, -0.2) is 24.5 Å². The van der Waals surface area contributed by atoms with E-state index in [4.69, 9.17) is 9.52 Å². The van der Waals surface area contributed by atoms with Gasteiger partial charge in [-0.1, -0.05) is 6.92 Å². The quantitative estimate of drug-likeness (QED) is 0.835.